The fraction of sp³-hybridized carbons (Fsp3) is 0.368. The fourth-order valence-electron chi connectivity index (χ4n) is 2.99. The molecule has 4 nitrogen and oxygen atoms in total. The highest BCUT2D eigenvalue weighted by Gasteiger charge is 2.13. The van der Waals surface area contributed by atoms with Gasteiger partial charge in [-0.05, 0) is 31.1 Å². The van der Waals surface area contributed by atoms with E-state index in [1.165, 1.54) is 25.7 Å². The Hall–Kier alpha value is -2.36. The zero-order valence-corrected chi connectivity index (χ0v) is 13.3. The molecule has 1 aromatic heterocycles. The largest absolute Gasteiger partial charge is 0.350 e. The number of amides is 1. The summed E-state index contributed by atoms with van der Waals surface area (Å²) in [5, 5.41) is 7.44. The molecule has 0 unspecified atom stereocenters. The van der Waals surface area contributed by atoms with Gasteiger partial charge in [-0.15, -0.1) is 0 Å². The molecule has 1 saturated carbocycles. The molecule has 0 aliphatic heterocycles. The van der Waals surface area contributed by atoms with Gasteiger partial charge in [-0.25, -0.2) is 4.68 Å². The van der Waals surface area contributed by atoms with Gasteiger partial charge in [0.2, 0.25) is 5.91 Å². The van der Waals surface area contributed by atoms with E-state index >= 15 is 0 Å². The van der Waals surface area contributed by atoms with Crippen molar-refractivity contribution in [3.8, 4) is 5.69 Å². The molecule has 3 rings (SSSR count). The Morgan fingerprint density at radius 1 is 1.13 bits per heavy atom. The number of nitrogens with one attached hydrogen (secondary N) is 1. The SMILES string of the molecule is O=C(/C=C/c1cnn(-c2ccccc2)c1)NC1CCCCCC1. The average Bonchev–Trinajstić information content (AvgIpc) is 2.91. The van der Waals surface area contributed by atoms with Gasteiger partial charge in [-0.2, -0.15) is 5.10 Å². The van der Waals surface area contributed by atoms with Crippen LogP contribution in [0.15, 0.2) is 48.8 Å². The van der Waals surface area contributed by atoms with E-state index in [0.29, 0.717) is 6.04 Å². The maximum atomic E-state index is 12.0. The monoisotopic (exact) mass is 309 g/mol. The van der Waals surface area contributed by atoms with Crippen LogP contribution in [0.1, 0.15) is 44.1 Å². The first kappa shape index (κ1) is 15.5. The molecule has 0 spiro atoms. The van der Waals surface area contributed by atoms with Crippen LogP contribution in [-0.2, 0) is 4.79 Å². The molecule has 1 amide bonds. The normalized spacial score (nSPS) is 16.3. The van der Waals surface area contributed by atoms with Crippen LogP contribution in [0.4, 0.5) is 0 Å². The van der Waals surface area contributed by atoms with E-state index < -0.39 is 0 Å². The second-order valence-electron chi connectivity index (χ2n) is 6.08. The standard InChI is InChI=1S/C19H23N3O/c23-19(21-17-8-4-1-2-5-9-17)13-12-16-14-20-22(15-16)18-10-6-3-7-11-18/h3,6-7,10-15,17H,1-2,4-5,8-9H2,(H,21,23)/b13-12+. The third-order valence-electron chi connectivity index (χ3n) is 4.25. The van der Waals surface area contributed by atoms with Crippen molar-refractivity contribution in [2.24, 2.45) is 0 Å². The van der Waals surface area contributed by atoms with E-state index in [0.717, 1.165) is 24.1 Å². The molecular weight excluding hydrogens is 286 g/mol. The van der Waals surface area contributed by atoms with Crippen molar-refractivity contribution in [3.05, 3.63) is 54.4 Å². The number of carbonyl (C=O) groups is 1. The van der Waals surface area contributed by atoms with Gasteiger partial charge in [0.25, 0.3) is 0 Å². The van der Waals surface area contributed by atoms with Crippen molar-refractivity contribution in [1.29, 1.82) is 0 Å². The minimum Gasteiger partial charge on any atom is -0.350 e. The summed E-state index contributed by atoms with van der Waals surface area (Å²) in [6.07, 6.45) is 14.3. The first-order chi connectivity index (χ1) is 11.3. The third kappa shape index (κ3) is 4.55. The number of hydrogen-bond acceptors (Lipinski definition) is 2. The van der Waals surface area contributed by atoms with E-state index in [1.54, 1.807) is 12.3 Å². The van der Waals surface area contributed by atoms with E-state index in [1.807, 2.05) is 47.3 Å². The summed E-state index contributed by atoms with van der Waals surface area (Å²) in [6, 6.07) is 10.3. The molecule has 0 radical (unpaired) electrons. The van der Waals surface area contributed by atoms with Gasteiger partial charge < -0.3 is 5.32 Å². The quantitative estimate of drug-likeness (QED) is 0.691. The summed E-state index contributed by atoms with van der Waals surface area (Å²) in [6.45, 7) is 0. The predicted octanol–water partition coefficient (Wildman–Crippen LogP) is 3.72. The van der Waals surface area contributed by atoms with Crippen molar-refractivity contribution in [1.82, 2.24) is 15.1 Å². The molecule has 1 aliphatic carbocycles. The third-order valence-corrected chi connectivity index (χ3v) is 4.25. The van der Waals surface area contributed by atoms with Crippen molar-refractivity contribution >= 4 is 12.0 Å². The van der Waals surface area contributed by atoms with Crippen molar-refractivity contribution in [2.75, 3.05) is 0 Å². The van der Waals surface area contributed by atoms with E-state index in [2.05, 4.69) is 10.4 Å². The van der Waals surface area contributed by atoms with E-state index in [-0.39, 0.29) is 5.91 Å². The Bertz CT molecular complexity index is 652. The molecule has 0 saturated heterocycles. The van der Waals surface area contributed by atoms with Gasteiger partial charge in [0.1, 0.15) is 0 Å². The lowest BCUT2D eigenvalue weighted by Gasteiger charge is -2.14. The van der Waals surface area contributed by atoms with Crippen molar-refractivity contribution in [2.45, 2.75) is 44.6 Å². The fourth-order valence-corrected chi connectivity index (χ4v) is 2.99. The van der Waals surface area contributed by atoms with Crippen LogP contribution < -0.4 is 5.32 Å². The summed E-state index contributed by atoms with van der Waals surface area (Å²) >= 11 is 0. The first-order valence-corrected chi connectivity index (χ1v) is 8.40. The van der Waals surface area contributed by atoms with Gasteiger partial charge in [-0.3, -0.25) is 4.79 Å². The number of hydrogen-bond donors (Lipinski definition) is 1. The Morgan fingerprint density at radius 2 is 1.87 bits per heavy atom. The van der Waals surface area contributed by atoms with Crippen LogP contribution in [0.2, 0.25) is 0 Å². The van der Waals surface area contributed by atoms with Gasteiger partial charge in [0.15, 0.2) is 0 Å². The molecule has 23 heavy (non-hydrogen) atoms. The summed E-state index contributed by atoms with van der Waals surface area (Å²) in [5.74, 6) is -0.00985. The van der Waals surface area contributed by atoms with Gasteiger partial charge in [0, 0.05) is 23.9 Å². The Kier molecular flexibility index (Phi) is 5.25. The zero-order valence-electron chi connectivity index (χ0n) is 13.3. The van der Waals surface area contributed by atoms with Gasteiger partial charge in [0.05, 0.1) is 11.9 Å². The number of rotatable bonds is 4. The topological polar surface area (TPSA) is 46.9 Å². The van der Waals surface area contributed by atoms with E-state index in [9.17, 15) is 4.79 Å². The highest BCUT2D eigenvalue weighted by molar-refractivity contribution is 5.91. The summed E-state index contributed by atoms with van der Waals surface area (Å²) in [5.41, 5.74) is 1.93. The van der Waals surface area contributed by atoms with Gasteiger partial charge >= 0.3 is 0 Å². The lowest BCUT2D eigenvalue weighted by atomic mass is 10.1. The van der Waals surface area contributed by atoms with E-state index in [4.69, 9.17) is 0 Å². The van der Waals surface area contributed by atoms with Crippen LogP contribution >= 0.6 is 0 Å². The predicted molar refractivity (Wildman–Crippen MR) is 92.2 cm³/mol. The lowest BCUT2D eigenvalue weighted by Crippen LogP contribution is -2.33. The van der Waals surface area contributed by atoms with Gasteiger partial charge in [-0.1, -0.05) is 43.9 Å². The van der Waals surface area contributed by atoms with Crippen LogP contribution in [0.5, 0.6) is 0 Å². The Morgan fingerprint density at radius 3 is 2.61 bits per heavy atom. The first-order valence-electron chi connectivity index (χ1n) is 8.40. The maximum Gasteiger partial charge on any atom is 0.244 e. The molecule has 1 heterocycles. The van der Waals surface area contributed by atoms with Crippen LogP contribution in [0.25, 0.3) is 11.8 Å². The second kappa shape index (κ2) is 7.77. The molecule has 0 bridgehead atoms. The average molecular weight is 309 g/mol. The molecule has 2 aromatic rings. The molecule has 1 N–H and O–H groups in total. The second-order valence-corrected chi connectivity index (χ2v) is 6.08. The molecule has 1 aliphatic rings. The molecule has 1 fully saturated rings. The van der Waals surface area contributed by atoms with Crippen LogP contribution in [0, 0.1) is 0 Å². The molecular formula is C19H23N3O. The zero-order chi connectivity index (χ0) is 15.9. The Balaban J connectivity index is 1.57. The Labute approximate surface area is 137 Å². The van der Waals surface area contributed by atoms with Crippen LogP contribution in [-0.4, -0.2) is 21.7 Å². The van der Waals surface area contributed by atoms with Crippen molar-refractivity contribution < 1.29 is 4.79 Å². The molecule has 1 aromatic carbocycles. The molecule has 120 valence electrons. The number of para-hydroxylation sites is 1. The number of carbonyl (C=O) groups excluding carboxylic acids is 1. The minimum atomic E-state index is -0.00985. The number of nitrogens with zero attached hydrogens (tertiary/aromatic N) is 2. The number of benzene rings is 1. The number of aromatic nitrogens is 2. The highest BCUT2D eigenvalue weighted by atomic mass is 16.1. The van der Waals surface area contributed by atoms with Crippen molar-refractivity contribution in [3.63, 3.8) is 0 Å². The lowest BCUT2D eigenvalue weighted by molar-refractivity contribution is -0.117. The smallest absolute Gasteiger partial charge is 0.244 e. The summed E-state index contributed by atoms with van der Waals surface area (Å²) in [4.78, 5) is 12.0. The minimum absolute atomic E-state index is 0.00985. The van der Waals surface area contributed by atoms with Crippen LogP contribution in [0.3, 0.4) is 0 Å². The maximum absolute atomic E-state index is 12.0. The molecule has 4 heteroatoms. The molecule has 0 atom stereocenters. The highest BCUT2D eigenvalue weighted by Crippen LogP contribution is 2.17. The summed E-state index contributed by atoms with van der Waals surface area (Å²) < 4.78 is 1.81. The summed E-state index contributed by atoms with van der Waals surface area (Å²) in [7, 11) is 0.